The Morgan fingerprint density at radius 1 is 1.44 bits per heavy atom. The Balaban J connectivity index is 2.61. The van der Waals surface area contributed by atoms with Crippen LogP contribution in [-0.4, -0.2) is 12.5 Å². The molecule has 1 rings (SSSR count). The Kier molecular flexibility index (Phi) is 5.03. The Morgan fingerprint density at radius 3 is 2.44 bits per heavy atom. The molecule has 16 heavy (non-hydrogen) atoms. The lowest BCUT2D eigenvalue weighted by Gasteiger charge is -2.29. The lowest BCUT2D eigenvalue weighted by atomic mass is 9.77. The second-order valence-electron chi connectivity index (χ2n) is 5.29. The van der Waals surface area contributed by atoms with Crippen molar-refractivity contribution < 1.29 is 4.79 Å². The SMILES string of the molecule is C=C(Br)CNC(=O)C1(CC(C)C)CCCC1. The largest absolute Gasteiger partial charge is 0.351 e. The molecule has 1 fully saturated rings. The van der Waals surface area contributed by atoms with Crippen molar-refractivity contribution in [3.63, 3.8) is 0 Å². The lowest BCUT2D eigenvalue weighted by Crippen LogP contribution is -2.40. The summed E-state index contributed by atoms with van der Waals surface area (Å²) in [5.74, 6) is 0.801. The van der Waals surface area contributed by atoms with Crippen LogP contribution in [0.4, 0.5) is 0 Å². The van der Waals surface area contributed by atoms with E-state index >= 15 is 0 Å². The molecule has 1 aliphatic carbocycles. The molecule has 0 saturated heterocycles. The van der Waals surface area contributed by atoms with E-state index in [-0.39, 0.29) is 11.3 Å². The summed E-state index contributed by atoms with van der Waals surface area (Å²) in [5, 5.41) is 2.98. The van der Waals surface area contributed by atoms with E-state index in [1.165, 1.54) is 12.8 Å². The summed E-state index contributed by atoms with van der Waals surface area (Å²) in [6.07, 6.45) is 5.48. The third kappa shape index (κ3) is 3.62. The van der Waals surface area contributed by atoms with E-state index in [0.717, 1.165) is 23.7 Å². The highest BCUT2D eigenvalue weighted by molar-refractivity contribution is 9.11. The maximum Gasteiger partial charge on any atom is 0.226 e. The maximum absolute atomic E-state index is 12.2. The van der Waals surface area contributed by atoms with E-state index in [2.05, 4.69) is 41.7 Å². The van der Waals surface area contributed by atoms with Gasteiger partial charge in [-0.15, -0.1) is 0 Å². The molecule has 0 heterocycles. The first kappa shape index (κ1) is 13.8. The van der Waals surface area contributed by atoms with Gasteiger partial charge in [0.1, 0.15) is 0 Å². The first-order valence-corrected chi connectivity index (χ1v) is 6.87. The van der Waals surface area contributed by atoms with Crippen molar-refractivity contribution in [3.05, 3.63) is 11.1 Å². The standard InChI is InChI=1S/C13H22BrNO/c1-10(2)8-13(6-4-5-7-13)12(16)15-9-11(3)14/h10H,3-9H2,1-2H3,(H,15,16). The number of hydrogen-bond acceptors (Lipinski definition) is 1. The molecule has 1 amide bonds. The molecular weight excluding hydrogens is 266 g/mol. The zero-order chi connectivity index (χ0) is 12.2. The van der Waals surface area contributed by atoms with Gasteiger partial charge in [0.2, 0.25) is 5.91 Å². The number of rotatable bonds is 5. The second kappa shape index (κ2) is 5.85. The summed E-state index contributed by atoms with van der Waals surface area (Å²) in [6.45, 7) is 8.66. The zero-order valence-electron chi connectivity index (χ0n) is 10.3. The van der Waals surface area contributed by atoms with Crippen LogP contribution in [0.1, 0.15) is 46.0 Å². The van der Waals surface area contributed by atoms with Gasteiger partial charge in [-0.3, -0.25) is 4.79 Å². The first-order valence-electron chi connectivity index (χ1n) is 6.08. The fourth-order valence-electron chi connectivity index (χ4n) is 2.72. The molecule has 0 atom stereocenters. The molecule has 0 aromatic rings. The van der Waals surface area contributed by atoms with Crippen LogP contribution < -0.4 is 5.32 Å². The van der Waals surface area contributed by atoms with Crippen molar-refractivity contribution >= 4 is 21.8 Å². The van der Waals surface area contributed by atoms with E-state index in [0.29, 0.717) is 12.5 Å². The normalized spacial score (nSPS) is 18.8. The Bertz CT molecular complexity index is 267. The van der Waals surface area contributed by atoms with E-state index in [9.17, 15) is 4.79 Å². The highest BCUT2D eigenvalue weighted by Crippen LogP contribution is 2.43. The molecule has 1 N–H and O–H groups in total. The van der Waals surface area contributed by atoms with Gasteiger partial charge in [-0.05, 0) is 25.2 Å². The van der Waals surface area contributed by atoms with Crippen LogP contribution in [0, 0.1) is 11.3 Å². The van der Waals surface area contributed by atoms with E-state index in [1.807, 2.05) is 0 Å². The van der Waals surface area contributed by atoms with Crippen LogP contribution in [0.5, 0.6) is 0 Å². The predicted octanol–water partition coefficient (Wildman–Crippen LogP) is 3.62. The quantitative estimate of drug-likeness (QED) is 0.822. The molecule has 0 spiro atoms. The summed E-state index contributed by atoms with van der Waals surface area (Å²) in [7, 11) is 0. The van der Waals surface area contributed by atoms with Crippen molar-refractivity contribution in [1.82, 2.24) is 5.32 Å². The summed E-state index contributed by atoms with van der Waals surface area (Å²) in [4.78, 5) is 12.2. The summed E-state index contributed by atoms with van der Waals surface area (Å²) in [6, 6.07) is 0. The number of amides is 1. The van der Waals surface area contributed by atoms with Gasteiger partial charge in [0.25, 0.3) is 0 Å². The first-order chi connectivity index (χ1) is 7.46. The maximum atomic E-state index is 12.2. The third-order valence-corrected chi connectivity index (χ3v) is 3.56. The second-order valence-corrected chi connectivity index (χ2v) is 6.41. The van der Waals surface area contributed by atoms with Gasteiger partial charge in [-0.2, -0.15) is 0 Å². The van der Waals surface area contributed by atoms with Crippen LogP contribution in [0.3, 0.4) is 0 Å². The Morgan fingerprint density at radius 2 is 2.00 bits per heavy atom. The fraction of sp³-hybridized carbons (Fsp3) is 0.769. The molecular formula is C13H22BrNO. The monoisotopic (exact) mass is 287 g/mol. The van der Waals surface area contributed by atoms with Crippen LogP contribution in [0.2, 0.25) is 0 Å². The van der Waals surface area contributed by atoms with E-state index in [4.69, 9.17) is 0 Å². The number of carbonyl (C=O) groups is 1. The minimum atomic E-state index is -0.101. The number of halogens is 1. The highest BCUT2D eigenvalue weighted by Gasteiger charge is 2.40. The summed E-state index contributed by atoms with van der Waals surface area (Å²) >= 11 is 3.27. The van der Waals surface area contributed by atoms with Gasteiger partial charge in [0.15, 0.2) is 0 Å². The molecule has 0 bridgehead atoms. The smallest absolute Gasteiger partial charge is 0.226 e. The fourth-order valence-corrected chi connectivity index (χ4v) is 2.86. The van der Waals surface area contributed by atoms with Crippen molar-refractivity contribution in [3.8, 4) is 0 Å². The van der Waals surface area contributed by atoms with Gasteiger partial charge >= 0.3 is 0 Å². The van der Waals surface area contributed by atoms with Crippen molar-refractivity contribution in [2.45, 2.75) is 46.0 Å². The topological polar surface area (TPSA) is 29.1 Å². The third-order valence-electron chi connectivity index (χ3n) is 3.28. The average Bonchev–Trinajstić information content (AvgIpc) is 2.62. The van der Waals surface area contributed by atoms with Gasteiger partial charge in [0.05, 0.1) is 0 Å². The van der Waals surface area contributed by atoms with Crippen molar-refractivity contribution in [1.29, 1.82) is 0 Å². The molecule has 0 unspecified atom stereocenters. The zero-order valence-corrected chi connectivity index (χ0v) is 11.9. The van der Waals surface area contributed by atoms with Crippen molar-refractivity contribution in [2.24, 2.45) is 11.3 Å². The summed E-state index contributed by atoms with van der Waals surface area (Å²) in [5.41, 5.74) is -0.101. The van der Waals surface area contributed by atoms with Crippen molar-refractivity contribution in [2.75, 3.05) is 6.54 Å². The van der Waals surface area contributed by atoms with Gasteiger partial charge in [0, 0.05) is 16.4 Å². The molecule has 0 radical (unpaired) electrons. The molecule has 0 aromatic carbocycles. The van der Waals surface area contributed by atoms with Gasteiger partial charge < -0.3 is 5.32 Å². The summed E-state index contributed by atoms with van der Waals surface area (Å²) < 4.78 is 0.832. The molecule has 0 aromatic heterocycles. The van der Waals surface area contributed by atoms with Crippen LogP contribution in [-0.2, 0) is 4.79 Å². The minimum Gasteiger partial charge on any atom is -0.351 e. The van der Waals surface area contributed by atoms with E-state index < -0.39 is 0 Å². The number of nitrogens with one attached hydrogen (secondary N) is 1. The molecule has 1 aliphatic rings. The molecule has 3 heteroatoms. The van der Waals surface area contributed by atoms with Crippen LogP contribution in [0.15, 0.2) is 11.1 Å². The number of hydrogen-bond donors (Lipinski definition) is 1. The van der Waals surface area contributed by atoms with Crippen LogP contribution >= 0.6 is 15.9 Å². The minimum absolute atomic E-state index is 0.101. The van der Waals surface area contributed by atoms with Gasteiger partial charge in [-0.1, -0.05) is 49.2 Å². The molecule has 1 saturated carbocycles. The lowest BCUT2D eigenvalue weighted by molar-refractivity contribution is -0.131. The predicted molar refractivity (Wildman–Crippen MR) is 71.4 cm³/mol. The molecule has 2 nitrogen and oxygen atoms in total. The molecule has 0 aliphatic heterocycles. The van der Waals surface area contributed by atoms with Gasteiger partial charge in [-0.25, -0.2) is 0 Å². The molecule has 92 valence electrons. The Hall–Kier alpha value is -0.310. The van der Waals surface area contributed by atoms with Crippen LogP contribution in [0.25, 0.3) is 0 Å². The van der Waals surface area contributed by atoms with E-state index in [1.54, 1.807) is 0 Å². The highest BCUT2D eigenvalue weighted by atomic mass is 79.9. The number of carbonyl (C=O) groups excluding carboxylic acids is 1. The average molecular weight is 288 g/mol. The Labute approximate surface area is 107 Å².